The van der Waals surface area contributed by atoms with Crippen molar-refractivity contribution < 1.29 is 4.39 Å². The van der Waals surface area contributed by atoms with Crippen molar-refractivity contribution in [2.75, 3.05) is 5.73 Å². The monoisotopic (exact) mass is 278 g/mol. The lowest BCUT2D eigenvalue weighted by Gasteiger charge is -2.10. The van der Waals surface area contributed by atoms with E-state index in [4.69, 9.17) is 5.73 Å². The number of aromatic nitrogens is 2. The zero-order valence-electron chi connectivity index (χ0n) is 11.0. The average molecular weight is 278 g/mol. The number of halogens is 1. The van der Waals surface area contributed by atoms with Crippen LogP contribution >= 0.6 is 0 Å². The molecule has 4 nitrogen and oxygen atoms in total. The highest BCUT2D eigenvalue weighted by molar-refractivity contribution is 5.64. The minimum Gasteiger partial charge on any atom is -0.399 e. The van der Waals surface area contributed by atoms with E-state index in [0.717, 1.165) is 5.56 Å². The predicted octanol–water partition coefficient (Wildman–Crippen LogP) is 3.13. The summed E-state index contributed by atoms with van der Waals surface area (Å²) in [6, 6.07) is 13.4. The first-order valence-electron chi connectivity index (χ1n) is 6.28. The second kappa shape index (κ2) is 5.10. The molecule has 1 heterocycles. The van der Waals surface area contributed by atoms with Gasteiger partial charge >= 0.3 is 0 Å². The fourth-order valence-electron chi connectivity index (χ4n) is 2.20. The highest BCUT2D eigenvalue weighted by Crippen LogP contribution is 2.25. The van der Waals surface area contributed by atoms with Crippen LogP contribution < -0.4 is 5.73 Å². The Balaban J connectivity index is 2.19. The number of nitrogen functional groups attached to an aromatic ring is 1. The summed E-state index contributed by atoms with van der Waals surface area (Å²) in [6.07, 6.45) is 3.36. The molecule has 0 amide bonds. The van der Waals surface area contributed by atoms with E-state index in [1.54, 1.807) is 35.2 Å². The molecule has 0 radical (unpaired) electrons. The molecule has 0 fully saturated rings. The maximum absolute atomic E-state index is 13.3. The molecule has 0 saturated carbocycles. The Morgan fingerprint density at radius 3 is 2.81 bits per heavy atom. The molecule has 0 aliphatic carbocycles. The Labute approximate surface area is 120 Å². The van der Waals surface area contributed by atoms with Crippen LogP contribution in [0.15, 0.2) is 54.9 Å². The lowest BCUT2D eigenvalue weighted by molar-refractivity contribution is 0.627. The maximum atomic E-state index is 13.3. The van der Waals surface area contributed by atoms with Gasteiger partial charge in [-0.25, -0.2) is 9.37 Å². The first-order chi connectivity index (χ1) is 10.2. The van der Waals surface area contributed by atoms with E-state index in [-0.39, 0.29) is 5.56 Å². The Kier molecular flexibility index (Phi) is 3.13. The van der Waals surface area contributed by atoms with Gasteiger partial charge in [-0.1, -0.05) is 12.1 Å². The van der Waals surface area contributed by atoms with Gasteiger partial charge in [-0.2, -0.15) is 5.26 Å². The quantitative estimate of drug-likeness (QED) is 0.732. The van der Waals surface area contributed by atoms with E-state index in [1.165, 1.54) is 12.1 Å². The van der Waals surface area contributed by atoms with E-state index in [9.17, 15) is 9.65 Å². The van der Waals surface area contributed by atoms with Crippen molar-refractivity contribution in [1.82, 2.24) is 9.55 Å². The molecule has 0 atom stereocenters. The largest absolute Gasteiger partial charge is 0.399 e. The molecule has 2 N–H and O–H groups in total. The molecule has 0 aliphatic heterocycles. The summed E-state index contributed by atoms with van der Waals surface area (Å²) in [7, 11) is 0. The van der Waals surface area contributed by atoms with Gasteiger partial charge in [0.2, 0.25) is 0 Å². The molecule has 5 heteroatoms. The molecular weight excluding hydrogens is 267 g/mol. The Hall–Kier alpha value is -3.13. The third kappa shape index (κ3) is 2.35. The summed E-state index contributed by atoms with van der Waals surface area (Å²) in [5, 5.41) is 9.18. The molecule has 21 heavy (non-hydrogen) atoms. The summed E-state index contributed by atoms with van der Waals surface area (Å²) >= 11 is 0. The molecule has 3 aromatic rings. The third-order valence-corrected chi connectivity index (χ3v) is 3.12. The third-order valence-electron chi connectivity index (χ3n) is 3.12. The van der Waals surface area contributed by atoms with Gasteiger partial charge in [-0.05, 0) is 30.3 Å². The molecule has 0 saturated heterocycles. The molecule has 1 aromatic heterocycles. The van der Waals surface area contributed by atoms with Gasteiger partial charge in [0.15, 0.2) is 0 Å². The Morgan fingerprint density at radius 2 is 2.05 bits per heavy atom. The van der Waals surface area contributed by atoms with E-state index < -0.39 is 5.82 Å². The van der Waals surface area contributed by atoms with Gasteiger partial charge < -0.3 is 5.73 Å². The highest BCUT2D eigenvalue weighted by Gasteiger charge is 2.12. The SMILES string of the molecule is N#Cc1cc(F)ccc1-n1ccnc1-c1cccc(N)c1. The smallest absolute Gasteiger partial charge is 0.144 e. The molecule has 0 unspecified atom stereocenters. The number of hydrogen-bond donors (Lipinski definition) is 1. The van der Waals surface area contributed by atoms with Gasteiger partial charge in [0.1, 0.15) is 17.7 Å². The number of imidazole rings is 1. The zero-order chi connectivity index (χ0) is 14.8. The van der Waals surface area contributed by atoms with Crippen LogP contribution in [0.5, 0.6) is 0 Å². The number of hydrogen-bond acceptors (Lipinski definition) is 3. The Morgan fingerprint density at radius 1 is 1.19 bits per heavy atom. The van der Waals surface area contributed by atoms with Crippen molar-refractivity contribution >= 4 is 5.69 Å². The minimum absolute atomic E-state index is 0.248. The van der Waals surface area contributed by atoms with Crippen molar-refractivity contribution in [3.8, 4) is 23.1 Å². The normalized spacial score (nSPS) is 10.3. The summed E-state index contributed by atoms with van der Waals surface area (Å²) in [6.45, 7) is 0. The zero-order valence-corrected chi connectivity index (χ0v) is 11.0. The molecule has 0 bridgehead atoms. The van der Waals surface area contributed by atoms with E-state index >= 15 is 0 Å². The number of nitrogens with zero attached hydrogens (tertiary/aromatic N) is 3. The van der Waals surface area contributed by atoms with E-state index in [1.807, 2.05) is 18.2 Å². The average Bonchev–Trinajstić information content (AvgIpc) is 2.96. The van der Waals surface area contributed by atoms with Crippen molar-refractivity contribution in [1.29, 1.82) is 5.26 Å². The fourth-order valence-corrected chi connectivity index (χ4v) is 2.20. The van der Waals surface area contributed by atoms with Crippen LogP contribution in [-0.2, 0) is 0 Å². The van der Waals surface area contributed by atoms with Gasteiger partial charge in [-0.3, -0.25) is 4.57 Å². The van der Waals surface area contributed by atoms with Crippen molar-refractivity contribution in [3.63, 3.8) is 0 Å². The summed E-state index contributed by atoms with van der Waals surface area (Å²) < 4.78 is 15.0. The minimum atomic E-state index is -0.444. The molecule has 0 aliphatic rings. The first-order valence-corrected chi connectivity index (χ1v) is 6.28. The van der Waals surface area contributed by atoms with Crippen molar-refractivity contribution in [2.45, 2.75) is 0 Å². The topological polar surface area (TPSA) is 67.6 Å². The van der Waals surface area contributed by atoms with E-state index in [2.05, 4.69) is 4.98 Å². The van der Waals surface area contributed by atoms with Gasteiger partial charge in [-0.15, -0.1) is 0 Å². The number of benzene rings is 2. The number of anilines is 1. The summed E-state index contributed by atoms with van der Waals surface area (Å²) in [4.78, 5) is 4.31. The number of nitriles is 1. The lowest BCUT2D eigenvalue weighted by Crippen LogP contribution is -2.00. The van der Waals surface area contributed by atoms with Crippen LogP contribution in [0, 0.1) is 17.1 Å². The molecule has 3 rings (SSSR count). The maximum Gasteiger partial charge on any atom is 0.144 e. The first kappa shape index (κ1) is 12.9. The van der Waals surface area contributed by atoms with Gasteiger partial charge in [0.25, 0.3) is 0 Å². The van der Waals surface area contributed by atoms with Crippen molar-refractivity contribution in [2.24, 2.45) is 0 Å². The summed E-state index contributed by atoms with van der Waals surface area (Å²) in [5.74, 6) is 0.200. The van der Waals surface area contributed by atoms with Crippen LogP contribution in [0.25, 0.3) is 17.1 Å². The van der Waals surface area contributed by atoms with Gasteiger partial charge in [0.05, 0.1) is 11.3 Å². The Bertz CT molecular complexity index is 845. The summed E-state index contributed by atoms with van der Waals surface area (Å²) in [5.41, 5.74) is 8.07. The molecule has 0 spiro atoms. The predicted molar refractivity (Wildman–Crippen MR) is 78.1 cm³/mol. The van der Waals surface area contributed by atoms with Crippen molar-refractivity contribution in [3.05, 3.63) is 66.2 Å². The second-order valence-electron chi connectivity index (χ2n) is 4.52. The highest BCUT2D eigenvalue weighted by atomic mass is 19.1. The molecule has 102 valence electrons. The molecule has 2 aromatic carbocycles. The van der Waals surface area contributed by atoms with Crippen LogP contribution in [0.3, 0.4) is 0 Å². The van der Waals surface area contributed by atoms with Crippen LogP contribution in [-0.4, -0.2) is 9.55 Å². The molecular formula is C16H11FN4. The lowest BCUT2D eigenvalue weighted by atomic mass is 10.1. The van der Waals surface area contributed by atoms with Crippen LogP contribution in [0.2, 0.25) is 0 Å². The fraction of sp³-hybridized carbons (Fsp3) is 0. The second-order valence-corrected chi connectivity index (χ2v) is 4.52. The van der Waals surface area contributed by atoms with E-state index in [0.29, 0.717) is 17.2 Å². The number of nitrogens with two attached hydrogens (primary N) is 1. The van der Waals surface area contributed by atoms with Gasteiger partial charge in [0, 0.05) is 23.6 Å². The number of rotatable bonds is 2. The van der Waals surface area contributed by atoms with Crippen LogP contribution in [0.4, 0.5) is 10.1 Å². The standard InChI is InChI=1S/C16H11FN4/c17-13-4-5-15(12(8-13)10-18)21-7-6-20-16(21)11-2-1-3-14(19)9-11/h1-9H,19H2. The van der Waals surface area contributed by atoms with Crippen LogP contribution in [0.1, 0.15) is 5.56 Å².